The van der Waals surface area contributed by atoms with E-state index in [1.165, 1.54) is 36.8 Å². The van der Waals surface area contributed by atoms with Gasteiger partial charge in [-0.3, -0.25) is 0 Å². The molecule has 2 fully saturated rings. The molecule has 136 valence electrons. The SMILES string of the molecule is CCOC(=O)c1ccc(C/C=C(\C)[C@H]2CC[C@H]3[C@H]2CCC[C@@H]3O)cc1. The van der Waals surface area contributed by atoms with Crippen molar-refractivity contribution in [2.75, 3.05) is 6.61 Å². The normalized spacial score (nSPS) is 29.3. The summed E-state index contributed by atoms with van der Waals surface area (Å²) < 4.78 is 5.02. The average molecular weight is 342 g/mol. The third-order valence-electron chi connectivity index (χ3n) is 6.12. The van der Waals surface area contributed by atoms with Crippen LogP contribution >= 0.6 is 0 Å². The Morgan fingerprint density at radius 3 is 2.64 bits per heavy atom. The zero-order valence-corrected chi connectivity index (χ0v) is 15.4. The first-order chi connectivity index (χ1) is 12.1. The Balaban J connectivity index is 1.61. The molecule has 2 aliphatic carbocycles. The summed E-state index contributed by atoms with van der Waals surface area (Å²) in [6.07, 6.45) is 8.98. The van der Waals surface area contributed by atoms with Crippen LogP contribution in [0.25, 0.3) is 0 Å². The molecule has 0 amide bonds. The largest absolute Gasteiger partial charge is 0.462 e. The molecule has 4 atom stereocenters. The highest BCUT2D eigenvalue weighted by molar-refractivity contribution is 5.89. The summed E-state index contributed by atoms with van der Waals surface area (Å²) in [6.45, 7) is 4.47. The maximum atomic E-state index is 11.7. The predicted octanol–water partition coefficient (Wildman–Crippen LogP) is 4.54. The minimum atomic E-state index is -0.256. The van der Waals surface area contributed by atoms with Crippen molar-refractivity contribution in [2.24, 2.45) is 17.8 Å². The Morgan fingerprint density at radius 2 is 1.92 bits per heavy atom. The first-order valence-corrected chi connectivity index (χ1v) is 9.71. The number of ether oxygens (including phenoxy) is 1. The second-order valence-corrected chi connectivity index (χ2v) is 7.58. The number of fused-ring (bicyclic) bond motifs is 1. The number of aliphatic hydroxyl groups excluding tert-OH is 1. The van der Waals surface area contributed by atoms with Gasteiger partial charge in [0.25, 0.3) is 0 Å². The molecule has 3 heteroatoms. The molecule has 0 bridgehead atoms. The lowest BCUT2D eigenvalue weighted by Crippen LogP contribution is -2.31. The Labute approximate surface area is 151 Å². The molecule has 3 rings (SSSR count). The lowest BCUT2D eigenvalue weighted by Gasteiger charge is -2.33. The van der Waals surface area contributed by atoms with Crippen molar-refractivity contribution in [3.63, 3.8) is 0 Å². The minimum Gasteiger partial charge on any atom is -0.462 e. The van der Waals surface area contributed by atoms with Crippen LogP contribution in [0.2, 0.25) is 0 Å². The molecule has 1 aromatic rings. The van der Waals surface area contributed by atoms with Crippen LogP contribution in [0.1, 0.15) is 61.9 Å². The van der Waals surface area contributed by atoms with E-state index in [1.54, 1.807) is 0 Å². The van der Waals surface area contributed by atoms with Crippen molar-refractivity contribution < 1.29 is 14.6 Å². The van der Waals surface area contributed by atoms with E-state index < -0.39 is 0 Å². The molecule has 0 saturated heterocycles. The molecule has 0 aromatic heterocycles. The van der Waals surface area contributed by atoms with E-state index in [0.717, 1.165) is 12.8 Å². The number of benzene rings is 1. The first-order valence-electron chi connectivity index (χ1n) is 9.71. The maximum Gasteiger partial charge on any atom is 0.338 e. The summed E-state index contributed by atoms with van der Waals surface area (Å²) in [7, 11) is 0. The molecule has 2 saturated carbocycles. The fourth-order valence-electron chi connectivity index (χ4n) is 4.76. The zero-order chi connectivity index (χ0) is 17.8. The quantitative estimate of drug-likeness (QED) is 0.631. The van der Waals surface area contributed by atoms with Crippen molar-refractivity contribution >= 4 is 5.97 Å². The summed E-state index contributed by atoms with van der Waals surface area (Å²) in [6, 6.07) is 7.72. The molecule has 2 aliphatic rings. The standard InChI is InChI=1S/C22H30O3/c1-3-25-22(24)17-11-9-16(10-12-17)8-7-15(2)18-13-14-20-19(18)5-4-6-21(20)23/h7,9-12,18-21,23H,3-6,8,13-14H2,1-2H3/b15-7+/t18-,19+,20+,21+/m1/s1. The van der Waals surface area contributed by atoms with Crippen molar-refractivity contribution in [1.82, 2.24) is 0 Å². The highest BCUT2D eigenvalue weighted by atomic mass is 16.5. The lowest BCUT2D eigenvalue weighted by molar-refractivity contribution is 0.0411. The fraction of sp³-hybridized carbons (Fsp3) is 0.591. The molecule has 0 radical (unpaired) electrons. The van der Waals surface area contributed by atoms with Gasteiger partial charge in [0.1, 0.15) is 0 Å². The molecule has 0 spiro atoms. The Hall–Kier alpha value is -1.61. The van der Waals surface area contributed by atoms with Gasteiger partial charge in [-0.1, -0.05) is 30.2 Å². The maximum absolute atomic E-state index is 11.7. The number of rotatable bonds is 5. The van der Waals surface area contributed by atoms with Crippen LogP contribution in [-0.4, -0.2) is 23.8 Å². The number of hydrogen-bond acceptors (Lipinski definition) is 3. The summed E-state index contributed by atoms with van der Waals surface area (Å²) in [4.78, 5) is 11.7. The van der Waals surface area contributed by atoms with Gasteiger partial charge < -0.3 is 9.84 Å². The first kappa shape index (κ1) is 18.2. The molecular weight excluding hydrogens is 312 g/mol. The van der Waals surface area contributed by atoms with Gasteiger partial charge in [0, 0.05) is 0 Å². The van der Waals surface area contributed by atoms with Crippen LogP contribution in [-0.2, 0) is 11.2 Å². The fourth-order valence-corrected chi connectivity index (χ4v) is 4.76. The van der Waals surface area contributed by atoms with E-state index in [9.17, 15) is 9.90 Å². The molecule has 0 aliphatic heterocycles. The molecule has 0 heterocycles. The van der Waals surface area contributed by atoms with Crippen LogP contribution in [0, 0.1) is 17.8 Å². The summed E-state index contributed by atoms with van der Waals surface area (Å²) in [5.74, 6) is 1.57. The van der Waals surface area contributed by atoms with Crippen LogP contribution in [0.5, 0.6) is 0 Å². The molecule has 0 unspecified atom stereocenters. The van der Waals surface area contributed by atoms with Gasteiger partial charge >= 0.3 is 5.97 Å². The monoisotopic (exact) mass is 342 g/mol. The Kier molecular flexibility index (Phi) is 5.95. The van der Waals surface area contributed by atoms with Gasteiger partial charge in [0.15, 0.2) is 0 Å². The molecule has 25 heavy (non-hydrogen) atoms. The Morgan fingerprint density at radius 1 is 1.16 bits per heavy atom. The molecule has 1 N–H and O–H groups in total. The van der Waals surface area contributed by atoms with Crippen molar-refractivity contribution in [3.8, 4) is 0 Å². The zero-order valence-electron chi connectivity index (χ0n) is 15.4. The highest BCUT2D eigenvalue weighted by Crippen LogP contribution is 2.48. The van der Waals surface area contributed by atoms with E-state index in [4.69, 9.17) is 4.74 Å². The van der Waals surface area contributed by atoms with E-state index in [0.29, 0.717) is 29.9 Å². The second-order valence-electron chi connectivity index (χ2n) is 7.58. The highest BCUT2D eigenvalue weighted by Gasteiger charge is 2.42. The van der Waals surface area contributed by atoms with Gasteiger partial charge in [-0.25, -0.2) is 4.79 Å². The van der Waals surface area contributed by atoms with Crippen molar-refractivity contribution in [2.45, 2.75) is 58.5 Å². The van der Waals surface area contributed by atoms with Crippen LogP contribution in [0.4, 0.5) is 0 Å². The van der Waals surface area contributed by atoms with Crippen LogP contribution in [0.3, 0.4) is 0 Å². The van der Waals surface area contributed by atoms with Gasteiger partial charge in [-0.2, -0.15) is 0 Å². The number of allylic oxidation sites excluding steroid dienone is 2. The molecule has 1 aromatic carbocycles. The third-order valence-corrected chi connectivity index (χ3v) is 6.12. The number of esters is 1. The van der Waals surface area contributed by atoms with E-state index >= 15 is 0 Å². The second kappa shape index (κ2) is 8.18. The van der Waals surface area contributed by atoms with Gasteiger partial charge in [-0.15, -0.1) is 0 Å². The van der Waals surface area contributed by atoms with Gasteiger partial charge in [0.05, 0.1) is 18.3 Å². The van der Waals surface area contributed by atoms with Gasteiger partial charge in [0.2, 0.25) is 0 Å². The number of hydrogen-bond donors (Lipinski definition) is 1. The van der Waals surface area contributed by atoms with Gasteiger partial charge in [-0.05, 0) is 81.4 Å². The summed E-state index contributed by atoms with van der Waals surface area (Å²) >= 11 is 0. The van der Waals surface area contributed by atoms with Crippen LogP contribution in [0.15, 0.2) is 35.9 Å². The number of aliphatic hydroxyl groups is 1. The van der Waals surface area contributed by atoms with Crippen LogP contribution < -0.4 is 0 Å². The van der Waals surface area contributed by atoms with E-state index in [1.807, 2.05) is 31.2 Å². The lowest BCUT2D eigenvalue weighted by atomic mass is 9.74. The third kappa shape index (κ3) is 4.14. The van der Waals surface area contributed by atoms with E-state index in [-0.39, 0.29) is 12.1 Å². The summed E-state index contributed by atoms with van der Waals surface area (Å²) in [5, 5.41) is 10.2. The topological polar surface area (TPSA) is 46.5 Å². The molecular formula is C22H30O3. The van der Waals surface area contributed by atoms with Crippen molar-refractivity contribution in [1.29, 1.82) is 0 Å². The average Bonchev–Trinajstić information content (AvgIpc) is 3.06. The number of carbonyl (C=O) groups excluding carboxylic acids is 1. The number of carbonyl (C=O) groups is 1. The van der Waals surface area contributed by atoms with Crippen molar-refractivity contribution in [3.05, 3.63) is 47.0 Å². The minimum absolute atomic E-state index is 0.0769. The Bertz CT molecular complexity index is 617. The summed E-state index contributed by atoms with van der Waals surface area (Å²) in [5.41, 5.74) is 3.29. The smallest absolute Gasteiger partial charge is 0.338 e. The van der Waals surface area contributed by atoms with E-state index in [2.05, 4.69) is 13.0 Å². The molecule has 3 nitrogen and oxygen atoms in total. The predicted molar refractivity (Wildman–Crippen MR) is 99.4 cm³/mol.